The molecule has 0 saturated heterocycles. The molecular formula is C18H29N5O3. The fraction of sp³-hybridized carbons (Fsp3) is 0.667. The molecule has 2 aromatic heterocycles. The van der Waals surface area contributed by atoms with Gasteiger partial charge in [-0.25, -0.2) is 9.78 Å². The van der Waals surface area contributed by atoms with Crippen molar-refractivity contribution in [3.05, 3.63) is 27.2 Å². The Labute approximate surface area is 152 Å². The van der Waals surface area contributed by atoms with Crippen LogP contribution in [-0.4, -0.2) is 30.6 Å². The van der Waals surface area contributed by atoms with Gasteiger partial charge in [0.05, 0.1) is 6.33 Å². The second-order valence-corrected chi connectivity index (χ2v) is 7.36. The van der Waals surface area contributed by atoms with E-state index in [2.05, 4.69) is 24.1 Å². The number of hydrogen-bond donors (Lipinski definition) is 1. The highest BCUT2D eigenvalue weighted by Crippen LogP contribution is 2.08. The number of aromatic nitrogens is 4. The number of imidazole rings is 1. The number of rotatable bonds is 8. The maximum atomic E-state index is 12.4. The van der Waals surface area contributed by atoms with Crippen molar-refractivity contribution in [2.75, 3.05) is 0 Å². The van der Waals surface area contributed by atoms with Crippen molar-refractivity contribution < 1.29 is 4.79 Å². The quantitative estimate of drug-likeness (QED) is 0.762. The maximum Gasteiger partial charge on any atom is 0.332 e. The minimum absolute atomic E-state index is 0.0194. The summed E-state index contributed by atoms with van der Waals surface area (Å²) in [6, 6.07) is 0.167. The Bertz CT molecular complexity index is 891. The topological polar surface area (TPSA) is 90.9 Å². The predicted molar refractivity (Wildman–Crippen MR) is 101 cm³/mol. The molecule has 1 unspecified atom stereocenters. The highest BCUT2D eigenvalue weighted by molar-refractivity contribution is 5.76. The molecule has 0 aliphatic carbocycles. The first-order chi connectivity index (χ1) is 12.2. The van der Waals surface area contributed by atoms with Crippen molar-refractivity contribution in [3.8, 4) is 0 Å². The number of carbonyl (C=O) groups is 1. The van der Waals surface area contributed by atoms with Gasteiger partial charge in [0, 0.05) is 33.1 Å². The summed E-state index contributed by atoms with van der Waals surface area (Å²) in [6.07, 6.45) is 4.59. The number of aryl methyl sites for hydroxylation is 2. The number of hydrogen-bond acceptors (Lipinski definition) is 4. The summed E-state index contributed by atoms with van der Waals surface area (Å²) in [5, 5.41) is 3.01. The third-order valence-electron chi connectivity index (χ3n) is 4.60. The average Bonchev–Trinajstić information content (AvgIpc) is 3.00. The van der Waals surface area contributed by atoms with Crippen LogP contribution in [0.3, 0.4) is 0 Å². The summed E-state index contributed by atoms with van der Waals surface area (Å²) in [4.78, 5) is 40.5. The number of fused-ring (bicyclic) bond motifs is 1. The van der Waals surface area contributed by atoms with E-state index in [4.69, 9.17) is 0 Å². The van der Waals surface area contributed by atoms with E-state index >= 15 is 0 Å². The molecule has 2 heterocycles. The van der Waals surface area contributed by atoms with Crippen LogP contribution in [0.25, 0.3) is 11.2 Å². The molecule has 1 amide bonds. The van der Waals surface area contributed by atoms with Gasteiger partial charge in [0.15, 0.2) is 11.2 Å². The van der Waals surface area contributed by atoms with Crippen LogP contribution in [0.15, 0.2) is 15.9 Å². The van der Waals surface area contributed by atoms with Crippen molar-refractivity contribution >= 4 is 17.1 Å². The van der Waals surface area contributed by atoms with Gasteiger partial charge < -0.3 is 9.88 Å². The lowest BCUT2D eigenvalue weighted by Gasteiger charge is -2.15. The van der Waals surface area contributed by atoms with E-state index in [9.17, 15) is 14.4 Å². The zero-order chi connectivity index (χ0) is 19.4. The summed E-state index contributed by atoms with van der Waals surface area (Å²) >= 11 is 0. The highest BCUT2D eigenvalue weighted by Gasteiger charge is 2.14. The van der Waals surface area contributed by atoms with Gasteiger partial charge in [0.1, 0.15) is 0 Å². The molecule has 0 fully saturated rings. The molecule has 0 aliphatic rings. The molecule has 8 nitrogen and oxygen atoms in total. The molecule has 26 heavy (non-hydrogen) atoms. The third-order valence-corrected chi connectivity index (χ3v) is 4.60. The fourth-order valence-electron chi connectivity index (χ4n) is 2.98. The first kappa shape index (κ1) is 19.9. The molecule has 1 atom stereocenters. The fourth-order valence-corrected chi connectivity index (χ4v) is 2.98. The Morgan fingerprint density at radius 3 is 2.50 bits per heavy atom. The van der Waals surface area contributed by atoms with E-state index < -0.39 is 5.69 Å². The van der Waals surface area contributed by atoms with Crippen molar-refractivity contribution in [3.63, 3.8) is 0 Å². The standard InChI is InChI=1S/C18H29N5O3/c1-12(2)8-9-13(3)20-14(24)7-6-10-23-11-19-16-15(23)17(25)22(5)18(26)21(16)4/h11-13H,6-10H2,1-5H3,(H,20,24). The molecule has 0 spiro atoms. The van der Waals surface area contributed by atoms with Gasteiger partial charge in [-0.15, -0.1) is 0 Å². The first-order valence-electron chi connectivity index (χ1n) is 9.12. The Morgan fingerprint density at radius 2 is 1.85 bits per heavy atom. The van der Waals surface area contributed by atoms with Crippen molar-refractivity contribution in [2.45, 2.75) is 59.0 Å². The van der Waals surface area contributed by atoms with E-state index in [0.717, 1.165) is 17.4 Å². The molecule has 0 saturated carbocycles. The summed E-state index contributed by atoms with van der Waals surface area (Å²) in [5.41, 5.74) is -0.0139. The van der Waals surface area contributed by atoms with E-state index in [1.165, 1.54) is 11.6 Å². The van der Waals surface area contributed by atoms with E-state index in [1.807, 2.05) is 6.92 Å². The number of nitrogens with one attached hydrogen (secondary N) is 1. The lowest BCUT2D eigenvalue weighted by Crippen LogP contribution is -2.37. The second-order valence-electron chi connectivity index (χ2n) is 7.36. The van der Waals surface area contributed by atoms with Crippen molar-refractivity contribution in [1.29, 1.82) is 0 Å². The van der Waals surface area contributed by atoms with Gasteiger partial charge >= 0.3 is 5.69 Å². The monoisotopic (exact) mass is 363 g/mol. The zero-order valence-corrected chi connectivity index (χ0v) is 16.3. The molecule has 0 aromatic carbocycles. The van der Waals surface area contributed by atoms with Crippen molar-refractivity contribution in [2.24, 2.45) is 20.0 Å². The summed E-state index contributed by atoms with van der Waals surface area (Å²) in [7, 11) is 3.04. The lowest BCUT2D eigenvalue weighted by atomic mass is 10.0. The van der Waals surface area contributed by atoms with Crippen LogP contribution in [0, 0.1) is 5.92 Å². The summed E-state index contributed by atoms with van der Waals surface area (Å²) in [5.74, 6) is 0.647. The Balaban J connectivity index is 1.98. The molecule has 1 N–H and O–H groups in total. The Kier molecular flexibility index (Phi) is 6.39. The SMILES string of the molecule is CC(C)CCC(C)NC(=O)CCCn1cnc2c1c(=O)n(C)c(=O)n2C. The van der Waals surface area contributed by atoms with Crippen LogP contribution in [0.1, 0.15) is 46.5 Å². The Hall–Kier alpha value is -2.38. The first-order valence-corrected chi connectivity index (χ1v) is 9.12. The zero-order valence-electron chi connectivity index (χ0n) is 16.3. The molecule has 144 valence electrons. The van der Waals surface area contributed by atoms with Crippen LogP contribution in [0.2, 0.25) is 0 Å². The van der Waals surface area contributed by atoms with Gasteiger partial charge in [0.25, 0.3) is 5.56 Å². The van der Waals surface area contributed by atoms with Crippen LogP contribution in [-0.2, 0) is 25.4 Å². The minimum Gasteiger partial charge on any atom is -0.354 e. The molecular weight excluding hydrogens is 334 g/mol. The van der Waals surface area contributed by atoms with Crippen LogP contribution in [0.5, 0.6) is 0 Å². The van der Waals surface area contributed by atoms with Gasteiger partial charge in [-0.05, 0) is 32.1 Å². The average molecular weight is 363 g/mol. The summed E-state index contributed by atoms with van der Waals surface area (Å²) < 4.78 is 4.15. The number of nitrogens with zero attached hydrogens (tertiary/aromatic N) is 4. The molecule has 2 rings (SSSR count). The van der Waals surface area contributed by atoms with Crippen molar-refractivity contribution in [1.82, 2.24) is 24.0 Å². The number of carbonyl (C=O) groups excluding carboxylic acids is 1. The molecule has 8 heteroatoms. The molecule has 0 bridgehead atoms. The molecule has 2 aromatic rings. The van der Waals surface area contributed by atoms with Crippen LogP contribution < -0.4 is 16.6 Å². The molecule has 0 radical (unpaired) electrons. The second kappa shape index (κ2) is 8.33. The predicted octanol–water partition coefficient (Wildman–Crippen LogP) is 1.15. The van der Waals surface area contributed by atoms with Gasteiger partial charge in [-0.1, -0.05) is 13.8 Å². The largest absolute Gasteiger partial charge is 0.354 e. The third kappa shape index (κ3) is 4.42. The lowest BCUT2D eigenvalue weighted by molar-refractivity contribution is -0.121. The van der Waals surface area contributed by atoms with E-state index in [1.54, 1.807) is 17.9 Å². The van der Waals surface area contributed by atoms with E-state index in [0.29, 0.717) is 36.5 Å². The molecule has 0 aliphatic heterocycles. The highest BCUT2D eigenvalue weighted by atomic mass is 16.2. The van der Waals surface area contributed by atoms with Crippen LogP contribution in [0.4, 0.5) is 0 Å². The van der Waals surface area contributed by atoms with Gasteiger partial charge in [-0.3, -0.25) is 18.7 Å². The van der Waals surface area contributed by atoms with Gasteiger partial charge in [0.2, 0.25) is 5.91 Å². The maximum absolute atomic E-state index is 12.4. The smallest absolute Gasteiger partial charge is 0.332 e. The summed E-state index contributed by atoms with van der Waals surface area (Å²) in [6.45, 7) is 6.86. The normalized spacial score (nSPS) is 12.7. The minimum atomic E-state index is -0.400. The van der Waals surface area contributed by atoms with Gasteiger partial charge in [-0.2, -0.15) is 0 Å². The number of amides is 1. The Morgan fingerprint density at radius 1 is 1.15 bits per heavy atom. The van der Waals surface area contributed by atoms with E-state index in [-0.39, 0.29) is 17.5 Å². The van der Waals surface area contributed by atoms with Crippen LogP contribution >= 0.6 is 0 Å².